The molecule has 0 spiro atoms. The monoisotopic (exact) mass is 314 g/mol. The van der Waals surface area contributed by atoms with E-state index in [1.54, 1.807) is 18.7 Å². The molecule has 1 amide bonds. The maximum Gasteiger partial charge on any atom is 0.257 e. The Kier molecular flexibility index (Phi) is 4.32. The van der Waals surface area contributed by atoms with Crippen LogP contribution in [-0.4, -0.2) is 47.5 Å². The molecule has 0 N–H and O–H groups in total. The van der Waals surface area contributed by atoms with Gasteiger partial charge in [0.15, 0.2) is 0 Å². The van der Waals surface area contributed by atoms with Crippen LogP contribution in [0.1, 0.15) is 34.3 Å². The van der Waals surface area contributed by atoms with E-state index in [0.29, 0.717) is 24.4 Å². The van der Waals surface area contributed by atoms with Crippen molar-refractivity contribution in [1.29, 1.82) is 0 Å². The van der Waals surface area contributed by atoms with Gasteiger partial charge in [-0.1, -0.05) is 0 Å². The van der Waals surface area contributed by atoms with E-state index in [9.17, 15) is 4.79 Å². The minimum absolute atomic E-state index is 0.0300. The highest BCUT2D eigenvalue weighted by molar-refractivity contribution is 5.95. The molecule has 1 aliphatic heterocycles. The number of furan rings is 1. The smallest absolute Gasteiger partial charge is 0.257 e. The number of aryl methyl sites for hydroxylation is 1. The van der Waals surface area contributed by atoms with Crippen LogP contribution in [0, 0.1) is 6.92 Å². The first-order valence-corrected chi connectivity index (χ1v) is 7.99. The molecule has 0 fully saturated rings. The molecule has 3 heterocycles. The van der Waals surface area contributed by atoms with Gasteiger partial charge in [0.25, 0.3) is 5.91 Å². The summed E-state index contributed by atoms with van der Waals surface area (Å²) in [5.74, 6) is 1.68. The highest BCUT2D eigenvalue weighted by Gasteiger charge is 2.24. The van der Waals surface area contributed by atoms with Gasteiger partial charge in [-0.3, -0.25) is 4.79 Å². The summed E-state index contributed by atoms with van der Waals surface area (Å²) in [5, 5.41) is 0. The lowest BCUT2D eigenvalue weighted by Gasteiger charge is -2.21. The molecule has 0 radical (unpaired) electrons. The number of amides is 1. The normalized spacial score (nSPS) is 14.3. The predicted octanol–water partition coefficient (Wildman–Crippen LogP) is 2.08. The lowest BCUT2D eigenvalue weighted by atomic mass is 10.1. The average molecular weight is 314 g/mol. The van der Waals surface area contributed by atoms with Crippen LogP contribution in [0.4, 0.5) is 5.82 Å². The Morgan fingerprint density at radius 2 is 2.13 bits per heavy atom. The molecule has 1 aliphatic rings. The SMILES string of the molecule is CCN(C)c1ncnc2c1CCN(C(=O)c1ccoc1C)CC2. The number of aromatic nitrogens is 2. The van der Waals surface area contributed by atoms with E-state index in [1.807, 2.05) is 18.9 Å². The van der Waals surface area contributed by atoms with Gasteiger partial charge in [-0.25, -0.2) is 9.97 Å². The standard InChI is InChI=1S/C17H22N4O2/c1-4-20(3)16-14-5-8-21(9-6-15(14)18-11-19-16)17(22)13-7-10-23-12(13)2/h7,10-11H,4-6,8-9H2,1-3H3. The summed E-state index contributed by atoms with van der Waals surface area (Å²) >= 11 is 0. The van der Waals surface area contributed by atoms with E-state index >= 15 is 0 Å². The molecule has 0 unspecified atom stereocenters. The summed E-state index contributed by atoms with van der Waals surface area (Å²) < 4.78 is 5.26. The van der Waals surface area contributed by atoms with Gasteiger partial charge in [0, 0.05) is 38.7 Å². The molecule has 0 saturated heterocycles. The highest BCUT2D eigenvalue weighted by atomic mass is 16.3. The predicted molar refractivity (Wildman–Crippen MR) is 87.7 cm³/mol. The fraction of sp³-hybridized carbons (Fsp3) is 0.471. The lowest BCUT2D eigenvalue weighted by molar-refractivity contribution is 0.0761. The summed E-state index contributed by atoms with van der Waals surface area (Å²) in [5.41, 5.74) is 2.86. The van der Waals surface area contributed by atoms with Crippen molar-refractivity contribution in [3.8, 4) is 0 Å². The van der Waals surface area contributed by atoms with Gasteiger partial charge in [0.1, 0.15) is 17.9 Å². The summed E-state index contributed by atoms with van der Waals surface area (Å²) in [7, 11) is 2.03. The fourth-order valence-electron chi connectivity index (χ4n) is 2.97. The Balaban J connectivity index is 1.83. The summed E-state index contributed by atoms with van der Waals surface area (Å²) in [6.45, 7) is 6.15. The number of fused-ring (bicyclic) bond motifs is 1. The molecule has 0 bridgehead atoms. The van der Waals surface area contributed by atoms with E-state index in [-0.39, 0.29) is 5.91 Å². The van der Waals surface area contributed by atoms with E-state index in [2.05, 4.69) is 21.8 Å². The highest BCUT2D eigenvalue weighted by Crippen LogP contribution is 2.24. The summed E-state index contributed by atoms with van der Waals surface area (Å²) in [6.07, 6.45) is 4.72. The molecule has 2 aromatic rings. The Morgan fingerprint density at radius 1 is 1.35 bits per heavy atom. The first-order valence-electron chi connectivity index (χ1n) is 7.99. The number of rotatable bonds is 3. The quantitative estimate of drug-likeness (QED) is 0.868. The molecule has 2 aromatic heterocycles. The van der Waals surface area contributed by atoms with Crippen molar-refractivity contribution in [1.82, 2.24) is 14.9 Å². The zero-order valence-electron chi connectivity index (χ0n) is 13.9. The first kappa shape index (κ1) is 15.5. The second-order valence-electron chi connectivity index (χ2n) is 5.82. The average Bonchev–Trinajstić information content (AvgIpc) is 2.87. The summed E-state index contributed by atoms with van der Waals surface area (Å²) in [6, 6.07) is 1.74. The van der Waals surface area contributed by atoms with Crippen LogP contribution in [0.15, 0.2) is 23.1 Å². The topological polar surface area (TPSA) is 62.5 Å². The van der Waals surface area contributed by atoms with Gasteiger partial charge < -0.3 is 14.2 Å². The molecule has 0 saturated carbocycles. The Hall–Kier alpha value is -2.37. The van der Waals surface area contributed by atoms with Crippen molar-refractivity contribution >= 4 is 11.7 Å². The van der Waals surface area contributed by atoms with Crippen molar-refractivity contribution < 1.29 is 9.21 Å². The third-order valence-corrected chi connectivity index (χ3v) is 4.47. The number of hydrogen-bond donors (Lipinski definition) is 0. The van der Waals surface area contributed by atoms with Crippen molar-refractivity contribution in [2.75, 3.05) is 31.6 Å². The maximum absolute atomic E-state index is 12.7. The Morgan fingerprint density at radius 3 is 2.83 bits per heavy atom. The number of anilines is 1. The molecule has 3 rings (SSSR count). The number of hydrogen-bond acceptors (Lipinski definition) is 5. The van der Waals surface area contributed by atoms with E-state index < -0.39 is 0 Å². The zero-order chi connectivity index (χ0) is 16.4. The molecule has 0 aromatic carbocycles. The fourth-order valence-corrected chi connectivity index (χ4v) is 2.97. The molecule has 0 aliphatic carbocycles. The lowest BCUT2D eigenvalue weighted by Crippen LogP contribution is -2.33. The minimum Gasteiger partial charge on any atom is -0.469 e. The van der Waals surface area contributed by atoms with Crippen LogP contribution in [0.3, 0.4) is 0 Å². The third-order valence-electron chi connectivity index (χ3n) is 4.47. The van der Waals surface area contributed by atoms with Gasteiger partial charge in [-0.15, -0.1) is 0 Å². The van der Waals surface area contributed by atoms with Crippen LogP contribution < -0.4 is 4.90 Å². The van der Waals surface area contributed by atoms with Crippen molar-refractivity contribution in [2.45, 2.75) is 26.7 Å². The molecule has 122 valence electrons. The van der Waals surface area contributed by atoms with Gasteiger partial charge in [-0.2, -0.15) is 0 Å². The molecule has 6 nitrogen and oxygen atoms in total. The molecular weight excluding hydrogens is 292 g/mol. The van der Waals surface area contributed by atoms with Gasteiger partial charge in [-0.05, 0) is 26.3 Å². The number of carbonyl (C=O) groups is 1. The molecule has 6 heteroatoms. The second-order valence-corrected chi connectivity index (χ2v) is 5.82. The Bertz CT molecular complexity index is 710. The van der Waals surface area contributed by atoms with Gasteiger partial charge in [0.05, 0.1) is 17.5 Å². The van der Waals surface area contributed by atoms with Crippen LogP contribution in [-0.2, 0) is 12.8 Å². The third kappa shape index (κ3) is 2.93. The molecule has 0 atom stereocenters. The molecule has 23 heavy (non-hydrogen) atoms. The van der Waals surface area contributed by atoms with Crippen molar-refractivity contribution in [3.05, 3.63) is 41.2 Å². The minimum atomic E-state index is 0.0300. The van der Waals surface area contributed by atoms with E-state index in [0.717, 1.165) is 36.5 Å². The summed E-state index contributed by atoms with van der Waals surface area (Å²) in [4.78, 5) is 25.6. The van der Waals surface area contributed by atoms with Crippen LogP contribution in [0.2, 0.25) is 0 Å². The van der Waals surface area contributed by atoms with Crippen molar-refractivity contribution in [3.63, 3.8) is 0 Å². The van der Waals surface area contributed by atoms with Gasteiger partial charge in [0.2, 0.25) is 0 Å². The van der Waals surface area contributed by atoms with E-state index in [4.69, 9.17) is 4.42 Å². The largest absolute Gasteiger partial charge is 0.469 e. The molecular formula is C17H22N4O2. The van der Waals surface area contributed by atoms with Crippen molar-refractivity contribution in [2.24, 2.45) is 0 Å². The Labute approximate surface area is 136 Å². The van der Waals surface area contributed by atoms with Gasteiger partial charge >= 0.3 is 0 Å². The zero-order valence-corrected chi connectivity index (χ0v) is 13.9. The van der Waals surface area contributed by atoms with E-state index in [1.165, 1.54) is 0 Å². The van der Waals surface area contributed by atoms with Crippen LogP contribution in [0.5, 0.6) is 0 Å². The van der Waals surface area contributed by atoms with Crippen LogP contribution >= 0.6 is 0 Å². The second kappa shape index (κ2) is 6.40. The maximum atomic E-state index is 12.7. The number of carbonyl (C=O) groups excluding carboxylic acids is 1. The number of nitrogens with zero attached hydrogens (tertiary/aromatic N) is 4. The van der Waals surface area contributed by atoms with Crippen LogP contribution in [0.25, 0.3) is 0 Å². The first-order chi connectivity index (χ1) is 11.1.